The number of rotatable bonds is 5. The van der Waals surface area contributed by atoms with Gasteiger partial charge in [0.05, 0.1) is 13.7 Å². The maximum Gasteiger partial charge on any atom is 0.306 e. The highest BCUT2D eigenvalue weighted by atomic mass is 16.5. The molecule has 0 amide bonds. The number of esters is 1. The van der Waals surface area contributed by atoms with Crippen LogP contribution in [0, 0.1) is 13.8 Å². The highest BCUT2D eigenvalue weighted by molar-refractivity contribution is 5.70. The number of aryl methyl sites for hydroxylation is 3. The second-order valence-electron chi connectivity index (χ2n) is 4.08. The minimum absolute atomic E-state index is 0.159. The van der Waals surface area contributed by atoms with E-state index in [0.717, 1.165) is 16.9 Å². The summed E-state index contributed by atoms with van der Waals surface area (Å²) in [6.45, 7) is 6.30. The molecule has 0 saturated carbocycles. The quantitative estimate of drug-likeness (QED) is 0.737. The highest BCUT2D eigenvalue weighted by Crippen LogP contribution is 2.26. The van der Waals surface area contributed by atoms with Crippen molar-refractivity contribution in [3.63, 3.8) is 0 Å². The van der Waals surface area contributed by atoms with Gasteiger partial charge in [0.15, 0.2) is 0 Å². The average molecular weight is 236 g/mol. The molecule has 1 aromatic carbocycles. The third-order valence-corrected chi connectivity index (χ3v) is 2.60. The van der Waals surface area contributed by atoms with Crippen molar-refractivity contribution in [2.45, 2.75) is 33.6 Å². The molecule has 0 spiro atoms. The van der Waals surface area contributed by atoms with Crippen LogP contribution < -0.4 is 4.74 Å². The van der Waals surface area contributed by atoms with E-state index in [9.17, 15) is 4.79 Å². The van der Waals surface area contributed by atoms with E-state index in [1.165, 1.54) is 5.56 Å². The molecule has 3 heteroatoms. The number of carbonyl (C=O) groups is 1. The van der Waals surface area contributed by atoms with Gasteiger partial charge < -0.3 is 9.47 Å². The molecule has 1 rings (SSSR count). The first-order valence-corrected chi connectivity index (χ1v) is 5.88. The third kappa shape index (κ3) is 3.77. The molecule has 0 aliphatic carbocycles. The van der Waals surface area contributed by atoms with Crippen molar-refractivity contribution in [3.05, 3.63) is 28.8 Å². The minimum atomic E-state index is -0.159. The van der Waals surface area contributed by atoms with Crippen LogP contribution in [-0.4, -0.2) is 19.7 Å². The van der Waals surface area contributed by atoms with E-state index in [1.54, 1.807) is 7.11 Å². The molecule has 1 aromatic rings. The maximum absolute atomic E-state index is 11.3. The molecule has 3 nitrogen and oxygen atoms in total. The Labute approximate surface area is 103 Å². The molecule has 0 aliphatic rings. The molecule has 0 aliphatic heterocycles. The fourth-order valence-electron chi connectivity index (χ4n) is 1.99. The molecular weight excluding hydrogens is 216 g/mol. The normalized spacial score (nSPS) is 10.1. The number of hydrogen-bond donors (Lipinski definition) is 0. The first-order chi connectivity index (χ1) is 8.08. The molecule has 94 valence electrons. The molecule has 0 N–H and O–H groups in total. The predicted octanol–water partition coefficient (Wildman–Crippen LogP) is 2.81. The van der Waals surface area contributed by atoms with Gasteiger partial charge in [-0.15, -0.1) is 0 Å². The molecular formula is C14H20O3. The highest BCUT2D eigenvalue weighted by Gasteiger charge is 2.10. The molecule has 0 bridgehead atoms. The predicted molar refractivity (Wildman–Crippen MR) is 67.4 cm³/mol. The summed E-state index contributed by atoms with van der Waals surface area (Å²) < 4.78 is 10.3. The van der Waals surface area contributed by atoms with Crippen LogP contribution in [0.2, 0.25) is 0 Å². The van der Waals surface area contributed by atoms with Crippen LogP contribution in [0.1, 0.15) is 30.0 Å². The van der Waals surface area contributed by atoms with Gasteiger partial charge in [-0.3, -0.25) is 4.79 Å². The largest absolute Gasteiger partial charge is 0.496 e. The summed E-state index contributed by atoms with van der Waals surface area (Å²) in [6, 6.07) is 4.14. The Bertz CT molecular complexity index is 397. The van der Waals surface area contributed by atoms with Crippen molar-refractivity contribution in [3.8, 4) is 5.75 Å². The summed E-state index contributed by atoms with van der Waals surface area (Å²) in [5, 5.41) is 0. The molecule has 0 radical (unpaired) electrons. The van der Waals surface area contributed by atoms with Gasteiger partial charge in [0, 0.05) is 6.42 Å². The fourth-order valence-corrected chi connectivity index (χ4v) is 1.99. The lowest BCUT2D eigenvalue weighted by Crippen LogP contribution is -2.06. The molecule has 0 saturated heterocycles. The van der Waals surface area contributed by atoms with Crippen LogP contribution in [0.4, 0.5) is 0 Å². The monoisotopic (exact) mass is 236 g/mol. The Morgan fingerprint density at radius 3 is 2.59 bits per heavy atom. The van der Waals surface area contributed by atoms with Crippen LogP contribution >= 0.6 is 0 Å². The fraction of sp³-hybridized carbons (Fsp3) is 0.500. The third-order valence-electron chi connectivity index (χ3n) is 2.60. The number of methoxy groups -OCH3 is 1. The Balaban J connectivity index is 2.79. The summed E-state index contributed by atoms with van der Waals surface area (Å²) >= 11 is 0. The molecule has 0 heterocycles. The zero-order valence-corrected chi connectivity index (χ0v) is 11.0. The van der Waals surface area contributed by atoms with Crippen molar-refractivity contribution < 1.29 is 14.3 Å². The standard InChI is InChI=1S/C14H20O3/c1-5-17-13(15)7-6-12-9-10(2)8-11(3)14(12)16-4/h8-9H,5-7H2,1-4H3. The summed E-state index contributed by atoms with van der Waals surface area (Å²) in [7, 11) is 1.66. The lowest BCUT2D eigenvalue weighted by molar-refractivity contribution is -0.143. The van der Waals surface area contributed by atoms with Gasteiger partial charge in [-0.25, -0.2) is 0 Å². The molecule has 17 heavy (non-hydrogen) atoms. The van der Waals surface area contributed by atoms with E-state index in [4.69, 9.17) is 9.47 Å². The second kappa shape index (κ2) is 6.28. The summed E-state index contributed by atoms with van der Waals surface area (Å²) in [5.74, 6) is 0.716. The van der Waals surface area contributed by atoms with Gasteiger partial charge in [-0.05, 0) is 38.3 Å². The van der Waals surface area contributed by atoms with Crippen LogP contribution in [0.15, 0.2) is 12.1 Å². The Morgan fingerprint density at radius 1 is 1.29 bits per heavy atom. The molecule has 0 aromatic heterocycles. The molecule has 0 unspecified atom stereocenters. The summed E-state index contributed by atoms with van der Waals surface area (Å²) in [5.41, 5.74) is 3.35. The molecule has 0 atom stereocenters. The lowest BCUT2D eigenvalue weighted by Gasteiger charge is -2.12. The number of hydrogen-bond acceptors (Lipinski definition) is 3. The Hall–Kier alpha value is -1.51. The summed E-state index contributed by atoms with van der Waals surface area (Å²) in [6.07, 6.45) is 1.05. The molecule has 0 fully saturated rings. The van der Waals surface area contributed by atoms with E-state index in [1.807, 2.05) is 20.8 Å². The topological polar surface area (TPSA) is 35.5 Å². The van der Waals surface area contributed by atoms with Crippen LogP contribution in [0.3, 0.4) is 0 Å². The van der Waals surface area contributed by atoms with Gasteiger partial charge in [0.25, 0.3) is 0 Å². The van der Waals surface area contributed by atoms with Crippen LogP contribution in [-0.2, 0) is 16.0 Å². The van der Waals surface area contributed by atoms with Crippen LogP contribution in [0.25, 0.3) is 0 Å². The van der Waals surface area contributed by atoms with Gasteiger partial charge in [0.2, 0.25) is 0 Å². The minimum Gasteiger partial charge on any atom is -0.496 e. The lowest BCUT2D eigenvalue weighted by atomic mass is 10.0. The summed E-state index contributed by atoms with van der Waals surface area (Å²) in [4.78, 5) is 11.3. The average Bonchev–Trinajstić information content (AvgIpc) is 2.26. The van der Waals surface area contributed by atoms with E-state index >= 15 is 0 Å². The van der Waals surface area contributed by atoms with Crippen molar-refractivity contribution in [1.82, 2.24) is 0 Å². The van der Waals surface area contributed by atoms with Crippen molar-refractivity contribution in [1.29, 1.82) is 0 Å². The van der Waals surface area contributed by atoms with Gasteiger partial charge in [0.1, 0.15) is 5.75 Å². The Morgan fingerprint density at radius 2 is 2.00 bits per heavy atom. The van der Waals surface area contributed by atoms with Crippen molar-refractivity contribution in [2.75, 3.05) is 13.7 Å². The number of benzene rings is 1. The number of carbonyl (C=O) groups excluding carboxylic acids is 1. The van der Waals surface area contributed by atoms with Crippen LogP contribution in [0.5, 0.6) is 5.75 Å². The van der Waals surface area contributed by atoms with Gasteiger partial charge in [-0.2, -0.15) is 0 Å². The van der Waals surface area contributed by atoms with Gasteiger partial charge >= 0.3 is 5.97 Å². The van der Waals surface area contributed by atoms with E-state index in [0.29, 0.717) is 19.4 Å². The zero-order chi connectivity index (χ0) is 12.8. The van der Waals surface area contributed by atoms with Gasteiger partial charge in [-0.1, -0.05) is 17.7 Å². The van der Waals surface area contributed by atoms with Crippen molar-refractivity contribution in [2.24, 2.45) is 0 Å². The second-order valence-corrected chi connectivity index (χ2v) is 4.08. The maximum atomic E-state index is 11.3. The van der Waals surface area contributed by atoms with E-state index < -0.39 is 0 Å². The first-order valence-electron chi connectivity index (χ1n) is 5.88. The number of ether oxygens (including phenoxy) is 2. The van der Waals surface area contributed by atoms with E-state index in [2.05, 4.69) is 12.1 Å². The first kappa shape index (κ1) is 13.6. The zero-order valence-electron chi connectivity index (χ0n) is 11.0. The smallest absolute Gasteiger partial charge is 0.306 e. The van der Waals surface area contributed by atoms with Crippen molar-refractivity contribution >= 4 is 5.97 Å². The SMILES string of the molecule is CCOC(=O)CCc1cc(C)cc(C)c1OC. The van der Waals surface area contributed by atoms with E-state index in [-0.39, 0.29) is 5.97 Å². The Kier molecular flexibility index (Phi) is 5.01.